The summed E-state index contributed by atoms with van der Waals surface area (Å²) in [5, 5.41) is 0. The van der Waals surface area contributed by atoms with Crippen LogP contribution in [0.5, 0.6) is 0 Å². The zero-order valence-corrected chi connectivity index (χ0v) is 15.0. The minimum Gasteiger partial charge on any atom is -0.225 e. The summed E-state index contributed by atoms with van der Waals surface area (Å²) in [6.45, 7) is 2.28. The number of hydrogen-bond donors (Lipinski definition) is 0. The van der Waals surface area contributed by atoms with Gasteiger partial charge in [0.15, 0.2) is 5.82 Å². The highest BCUT2D eigenvalue weighted by molar-refractivity contribution is 5.62. The third kappa shape index (κ3) is 4.87. The number of aryl methyl sites for hydroxylation is 1. The zero-order chi connectivity index (χ0) is 17.6. The summed E-state index contributed by atoms with van der Waals surface area (Å²) in [6.07, 6.45) is 12.0. The maximum Gasteiger partial charge on any atom is 0.248 e. The van der Waals surface area contributed by atoms with Crippen LogP contribution < -0.4 is 0 Å². The van der Waals surface area contributed by atoms with Gasteiger partial charge in [0.25, 0.3) is 0 Å². The highest BCUT2D eigenvalue weighted by Crippen LogP contribution is 2.34. The van der Waals surface area contributed by atoms with Gasteiger partial charge in [0.2, 0.25) is 5.95 Å². The molecule has 0 aliphatic heterocycles. The van der Waals surface area contributed by atoms with Gasteiger partial charge >= 0.3 is 0 Å². The number of pyridine rings is 1. The second kappa shape index (κ2) is 8.55. The highest BCUT2D eigenvalue weighted by Gasteiger charge is 2.20. The fourth-order valence-electron chi connectivity index (χ4n) is 4.03. The molecule has 0 spiro atoms. The maximum absolute atomic E-state index is 13.3. The third-order valence-corrected chi connectivity index (χ3v) is 5.59. The van der Waals surface area contributed by atoms with Gasteiger partial charge in [-0.2, -0.15) is 4.39 Å². The molecular formula is C22H27F2N. The van der Waals surface area contributed by atoms with Crippen LogP contribution >= 0.6 is 0 Å². The molecule has 1 heterocycles. The van der Waals surface area contributed by atoms with Crippen LogP contribution in [0.15, 0.2) is 36.5 Å². The highest BCUT2D eigenvalue weighted by atomic mass is 19.2. The molecule has 1 aliphatic carbocycles. The van der Waals surface area contributed by atoms with E-state index in [-0.39, 0.29) is 0 Å². The molecule has 3 heteroatoms. The second-order valence-electron chi connectivity index (χ2n) is 7.41. The van der Waals surface area contributed by atoms with Gasteiger partial charge in [-0.1, -0.05) is 69.7 Å². The molecule has 0 saturated heterocycles. The van der Waals surface area contributed by atoms with Crippen molar-refractivity contribution in [3.05, 3.63) is 53.9 Å². The van der Waals surface area contributed by atoms with Gasteiger partial charge in [0.05, 0.1) is 0 Å². The zero-order valence-electron chi connectivity index (χ0n) is 15.0. The van der Waals surface area contributed by atoms with Crippen molar-refractivity contribution in [2.24, 2.45) is 11.8 Å². The second-order valence-corrected chi connectivity index (χ2v) is 7.41. The molecule has 25 heavy (non-hydrogen) atoms. The summed E-state index contributed by atoms with van der Waals surface area (Å²) in [5.41, 5.74) is 2.80. The van der Waals surface area contributed by atoms with Crippen LogP contribution in [0.2, 0.25) is 0 Å². The largest absolute Gasteiger partial charge is 0.248 e. The lowest BCUT2D eigenvalue weighted by Crippen LogP contribution is -2.15. The summed E-state index contributed by atoms with van der Waals surface area (Å²) in [4.78, 5) is 3.45. The molecule has 0 bridgehead atoms. The van der Waals surface area contributed by atoms with Gasteiger partial charge in [0, 0.05) is 11.8 Å². The van der Waals surface area contributed by atoms with E-state index in [2.05, 4.69) is 24.0 Å². The predicted octanol–water partition coefficient (Wildman–Crippen LogP) is 6.57. The lowest BCUT2D eigenvalue weighted by molar-refractivity contribution is 0.252. The van der Waals surface area contributed by atoms with Crippen molar-refractivity contribution in [3.8, 4) is 11.1 Å². The quantitative estimate of drug-likeness (QED) is 0.541. The summed E-state index contributed by atoms with van der Waals surface area (Å²) < 4.78 is 26.2. The standard InChI is InChI=1S/C22H27F2N/c1-2-3-16-4-6-17(7-5-16)8-9-18-10-12-19(13-11-18)20-14-21(23)22(24)25-15-20/h10-17H,2-9H2,1H3/t16-,17-. The molecule has 1 aromatic heterocycles. The Hall–Kier alpha value is -1.77. The van der Waals surface area contributed by atoms with Crippen molar-refractivity contribution in [1.82, 2.24) is 4.98 Å². The molecule has 0 atom stereocenters. The van der Waals surface area contributed by atoms with Gasteiger partial charge in [-0.15, -0.1) is 0 Å². The molecule has 0 radical (unpaired) electrons. The molecule has 1 fully saturated rings. The van der Waals surface area contributed by atoms with Crippen molar-refractivity contribution in [2.75, 3.05) is 0 Å². The Bertz CT molecular complexity index is 673. The molecule has 0 N–H and O–H groups in total. The van der Waals surface area contributed by atoms with E-state index in [9.17, 15) is 8.78 Å². The maximum atomic E-state index is 13.3. The van der Waals surface area contributed by atoms with E-state index in [1.165, 1.54) is 62.8 Å². The number of hydrogen-bond acceptors (Lipinski definition) is 1. The molecule has 1 nitrogen and oxygen atoms in total. The average molecular weight is 343 g/mol. The number of halogens is 2. The molecule has 0 amide bonds. The van der Waals surface area contributed by atoms with Crippen LogP contribution in [0.25, 0.3) is 11.1 Å². The summed E-state index contributed by atoms with van der Waals surface area (Å²) in [5.74, 6) is -0.122. The lowest BCUT2D eigenvalue weighted by Gasteiger charge is -2.28. The van der Waals surface area contributed by atoms with E-state index in [0.29, 0.717) is 5.56 Å². The topological polar surface area (TPSA) is 12.9 Å². The molecule has 1 aromatic carbocycles. The number of rotatable bonds is 6. The van der Waals surface area contributed by atoms with Crippen molar-refractivity contribution >= 4 is 0 Å². The Morgan fingerprint density at radius 3 is 2.16 bits per heavy atom. The van der Waals surface area contributed by atoms with Crippen molar-refractivity contribution < 1.29 is 8.78 Å². The molecule has 1 saturated carbocycles. The fourth-order valence-corrected chi connectivity index (χ4v) is 4.03. The van der Waals surface area contributed by atoms with Crippen molar-refractivity contribution in [3.63, 3.8) is 0 Å². The average Bonchev–Trinajstić information content (AvgIpc) is 2.64. The van der Waals surface area contributed by atoms with E-state index in [1.807, 2.05) is 12.1 Å². The fraction of sp³-hybridized carbons (Fsp3) is 0.500. The molecule has 2 aromatic rings. The van der Waals surface area contributed by atoms with E-state index in [1.54, 1.807) is 0 Å². The minimum absolute atomic E-state index is 0.611. The molecular weight excluding hydrogens is 316 g/mol. The first-order chi connectivity index (χ1) is 12.2. The van der Waals surface area contributed by atoms with Gasteiger partial charge in [-0.3, -0.25) is 0 Å². The minimum atomic E-state index is -1.05. The molecule has 134 valence electrons. The summed E-state index contributed by atoms with van der Waals surface area (Å²) in [6, 6.07) is 9.34. The molecule has 0 unspecified atom stereocenters. The SMILES string of the molecule is CCC[C@H]1CC[C@H](CCc2ccc(-c3cnc(F)c(F)c3)cc2)CC1. The van der Waals surface area contributed by atoms with E-state index in [0.717, 1.165) is 23.8 Å². The summed E-state index contributed by atoms with van der Waals surface area (Å²) >= 11 is 0. The third-order valence-electron chi connectivity index (χ3n) is 5.59. The number of nitrogens with zero attached hydrogens (tertiary/aromatic N) is 1. The first-order valence-electron chi connectivity index (χ1n) is 9.56. The van der Waals surface area contributed by atoms with E-state index < -0.39 is 11.8 Å². The van der Waals surface area contributed by atoms with E-state index >= 15 is 0 Å². The molecule has 1 aliphatic rings. The van der Waals surface area contributed by atoms with Crippen LogP contribution in [-0.4, -0.2) is 4.98 Å². The van der Waals surface area contributed by atoms with E-state index in [4.69, 9.17) is 0 Å². The predicted molar refractivity (Wildman–Crippen MR) is 98.3 cm³/mol. The van der Waals surface area contributed by atoms with Crippen LogP contribution in [0, 0.1) is 23.6 Å². The Morgan fingerprint density at radius 1 is 0.920 bits per heavy atom. The van der Waals surface area contributed by atoms with Gasteiger partial charge in [-0.05, 0) is 41.9 Å². The Morgan fingerprint density at radius 2 is 1.56 bits per heavy atom. The van der Waals surface area contributed by atoms with Crippen molar-refractivity contribution in [2.45, 2.75) is 58.3 Å². The number of benzene rings is 1. The normalized spacial score (nSPS) is 20.6. The monoisotopic (exact) mass is 343 g/mol. The van der Waals surface area contributed by atoms with Crippen LogP contribution in [-0.2, 0) is 6.42 Å². The Labute approximate surface area is 149 Å². The van der Waals surface area contributed by atoms with Gasteiger partial charge < -0.3 is 0 Å². The first-order valence-corrected chi connectivity index (χ1v) is 9.56. The van der Waals surface area contributed by atoms with Gasteiger partial charge in [-0.25, -0.2) is 9.37 Å². The Balaban J connectivity index is 1.52. The number of aromatic nitrogens is 1. The van der Waals surface area contributed by atoms with Crippen LogP contribution in [0.1, 0.15) is 57.4 Å². The smallest absolute Gasteiger partial charge is 0.225 e. The first kappa shape index (κ1) is 18.0. The van der Waals surface area contributed by atoms with Crippen molar-refractivity contribution in [1.29, 1.82) is 0 Å². The summed E-state index contributed by atoms with van der Waals surface area (Å²) in [7, 11) is 0. The molecule has 3 rings (SSSR count). The van der Waals surface area contributed by atoms with Crippen LogP contribution in [0.3, 0.4) is 0 Å². The Kier molecular flexibility index (Phi) is 6.17. The van der Waals surface area contributed by atoms with Gasteiger partial charge in [0.1, 0.15) is 0 Å². The van der Waals surface area contributed by atoms with Crippen LogP contribution in [0.4, 0.5) is 8.78 Å². The lowest BCUT2D eigenvalue weighted by atomic mass is 9.78.